The standard InChI is InChI=1S/C21H21N3O3/c22-20(25)17-10-4-6-13(23-17)12-24-18-11-3-1-2-7-14(18)15-8-5-9-16(19(15)24)21(26)27/h4-6,8-10H,1-3,7,11-12H2,(H2,22,25)(H,26,27). The summed E-state index contributed by atoms with van der Waals surface area (Å²) in [7, 11) is 0. The van der Waals surface area contributed by atoms with Crippen molar-refractivity contribution in [1.29, 1.82) is 0 Å². The number of rotatable bonds is 4. The molecule has 1 aromatic carbocycles. The van der Waals surface area contributed by atoms with Crippen LogP contribution in [-0.2, 0) is 19.4 Å². The first-order valence-corrected chi connectivity index (χ1v) is 9.18. The first-order chi connectivity index (χ1) is 13.1. The molecule has 0 fully saturated rings. The lowest BCUT2D eigenvalue weighted by molar-refractivity contribution is 0.0698. The van der Waals surface area contributed by atoms with Gasteiger partial charge in [0.05, 0.1) is 23.3 Å². The average Bonchev–Trinajstić information content (AvgIpc) is 2.82. The van der Waals surface area contributed by atoms with E-state index in [4.69, 9.17) is 5.73 Å². The summed E-state index contributed by atoms with van der Waals surface area (Å²) in [6, 6.07) is 10.6. The molecular weight excluding hydrogens is 342 g/mol. The van der Waals surface area contributed by atoms with Crippen molar-refractivity contribution in [3.8, 4) is 0 Å². The van der Waals surface area contributed by atoms with E-state index in [-0.39, 0.29) is 5.69 Å². The van der Waals surface area contributed by atoms with Gasteiger partial charge in [0.1, 0.15) is 5.69 Å². The second kappa shape index (κ2) is 6.87. The molecule has 2 heterocycles. The van der Waals surface area contributed by atoms with E-state index in [9.17, 15) is 14.7 Å². The zero-order valence-corrected chi connectivity index (χ0v) is 14.9. The van der Waals surface area contributed by atoms with Crippen LogP contribution >= 0.6 is 0 Å². The minimum absolute atomic E-state index is 0.216. The lowest BCUT2D eigenvalue weighted by Crippen LogP contribution is -2.15. The van der Waals surface area contributed by atoms with Crippen LogP contribution in [0.4, 0.5) is 0 Å². The third-order valence-corrected chi connectivity index (χ3v) is 5.26. The van der Waals surface area contributed by atoms with Crippen LogP contribution in [0.15, 0.2) is 36.4 Å². The van der Waals surface area contributed by atoms with E-state index >= 15 is 0 Å². The van der Waals surface area contributed by atoms with E-state index < -0.39 is 11.9 Å². The number of primary amides is 1. The summed E-state index contributed by atoms with van der Waals surface area (Å²) in [6.45, 7) is 0.414. The minimum Gasteiger partial charge on any atom is -0.478 e. The summed E-state index contributed by atoms with van der Waals surface area (Å²) in [5.74, 6) is -1.51. The van der Waals surface area contributed by atoms with Gasteiger partial charge < -0.3 is 15.4 Å². The van der Waals surface area contributed by atoms with Gasteiger partial charge in [0.15, 0.2) is 0 Å². The van der Waals surface area contributed by atoms with E-state index in [0.717, 1.165) is 36.6 Å². The van der Waals surface area contributed by atoms with Crippen molar-refractivity contribution in [2.75, 3.05) is 0 Å². The Bertz CT molecular complexity index is 1050. The predicted molar refractivity (Wildman–Crippen MR) is 102 cm³/mol. The summed E-state index contributed by atoms with van der Waals surface area (Å²) in [6.07, 6.45) is 5.23. The second-order valence-corrected chi connectivity index (χ2v) is 6.96. The Morgan fingerprint density at radius 3 is 2.63 bits per heavy atom. The molecular formula is C21H21N3O3. The quantitative estimate of drug-likeness (QED) is 0.696. The minimum atomic E-state index is -0.937. The van der Waals surface area contributed by atoms with E-state index in [2.05, 4.69) is 9.55 Å². The highest BCUT2D eigenvalue weighted by atomic mass is 16.4. The van der Waals surface area contributed by atoms with E-state index in [1.54, 1.807) is 18.2 Å². The van der Waals surface area contributed by atoms with Gasteiger partial charge in [0.25, 0.3) is 5.91 Å². The number of carboxylic acid groups (broad SMARTS) is 1. The number of amides is 1. The van der Waals surface area contributed by atoms with Crippen molar-refractivity contribution < 1.29 is 14.7 Å². The number of nitrogens with two attached hydrogens (primary N) is 1. The molecule has 1 aliphatic carbocycles. The van der Waals surface area contributed by atoms with Gasteiger partial charge in [-0.2, -0.15) is 0 Å². The molecule has 0 unspecified atom stereocenters. The normalized spacial score (nSPS) is 13.9. The zero-order valence-electron chi connectivity index (χ0n) is 14.9. The molecule has 27 heavy (non-hydrogen) atoms. The topological polar surface area (TPSA) is 98.2 Å². The van der Waals surface area contributed by atoms with Crippen molar-refractivity contribution >= 4 is 22.8 Å². The van der Waals surface area contributed by atoms with Crippen LogP contribution in [0.25, 0.3) is 10.9 Å². The maximum absolute atomic E-state index is 11.9. The highest BCUT2D eigenvalue weighted by Crippen LogP contribution is 2.34. The molecule has 138 valence electrons. The fourth-order valence-electron chi connectivity index (χ4n) is 4.08. The van der Waals surface area contributed by atoms with Crippen LogP contribution in [0.5, 0.6) is 0 Å². The Morgan fingerprint density at radius 2 is 1.85 bits per heavy atom. The van der Waals surface area contributed by atoms with Gasteiger partial charge in [-0.05, 0) is 49.4 Å². The van der Waals surface area contributed by atoms with Gasteiger partial charge in [-0.1, -0.05) is 24.6 Å². The molecule has 0 saturated heterocycles. The molecule has 6 nitrogen and oxygen atoms in total. The summed E-state index contributed by atoms with van der Waals surface area (Å²) >= 11 is 0. The van der Waals surface area contributed by atoms with E-state index in [0.29, 0.717) is 17.8 Å². The first kappa shape index (κ1) is 17.3. The fourth-order valence-corrected chi connectivity index (χ4v) is 4.08. The molecule has 0 atom stereocenters. The molecule has 2 aromatic heterocycles. The van der Waals surface area contributed by atoms with Crippen molar-refractivity contribution in [3.63, 3.8) is 0 Å². The van der Waals surface area contributed by atoms with Crippen LogP contribution in [0.1, 0.15) is 57.1 Å². The third kappa shape index (κ3) is 3.07. The number of nitrogens with zero attached hydrogens (tertiary/aromatic N) is 2. The number of carboxylic acids is 1. The number of aromatic nitrogens is 2. The summed E-state index contributed by atoms with van der Waals surface area (Å²) in [4.78, 5) is 27.7. The number of aromatic carboxylic acids is 1. The Kier molecular flexibility index (Phi) is 4.39. The van der Waals surface area contributed by atoms with Crippen LogP contribution in [0.2, 0.25) is 0 Å². The number of fused-ring (bicyclic) bond motifs is 3. The van der Waals surface area contributed by atoms with Crippen LogP contribution in [-0.4, -0.2) is 26.5 Å². The molecule has 6 heteroatoms. The number of carbonyl (C=O) groups excluding carboxylic acids is 1. The largest absolute Gasteiger partial charge is 0.478 e. The Balaban J connectivity index is 1.93. The molecule has 1 aliphatic rings. The number of aryl methyl sites for hydroxylation is 1. The Hall–Kier alpha value is -3.15. The lowest BCUT2D eigenvalue weighted by atomic mass is 10.0. The van der Waals surface area contributed by atoms with Gasteiger partial charge in [-0.25, -0.2) is 9.78 Å². The number of para-hydroxylation sites is 1. The van der Waals surface area contributed by atoms with Crippen molar-refractivity contribution in [2.45, 2.75) is 38.6 Å². The van der Waals surface area contributed by atoms with Gasteiger partial charge in [-0.3, -0.25) is 4.79 Å². The molecule has 3 N–H and O–H groups in total. The summed E-state index contributed by atoms with van der Waals surface area (Å²) in [5.41, 5.74) is 9.73. The predicted octanol–water partition coefficient (Wildman–Crippen LogP) is 3.15. The number of carbonyl (C=O) groups is 2. The number of hydrogen-bond donors (Lipinski definition) is 2. The van der Waals surface area contributed by atoms with Gasteiger partial charge in [0.2, 0.25) is 0 Å². The van der Waals surface area contributed by atoms with Crippen molar-refractivity contribution in [2.24, 2.45) is 5.73 Å². The zero-order chi connectivity index (χ0) is 19.0. The molecule has 0 aliphatic heterocycles. The van der Waals surface area contributed by atoms with Gasteiger partial charge in [-0.15, -0.1) is 0 Å². The van der Waals surface area contributed by atoms with Crippen molar-refractivity contribution in [3.05, 3.63) is 64.6 Å². The average molecular weight is 363 g/mol. The number of hydrogen-bond acceptors (Lipinski definition) is 3. The monoisotopic (exact) mass is 363 g/mol. The lowest BCUT2D eigenvalue weighted by Gasteiger charge is -2.12. The van der Waals surface area contributed by atoms with Gasteiger partial charge in [0, 0.05) is 11.1 Å². The van der Waals surface area contributed by atoms with Crippen LogP contribution in [0.3, 0.4) is 0 Å². The highest BCUT2D eigenvalue weighted by Gasteiger charge is 2.23. The van der Waals surface area contributed by atoms with Crippen LogP contribution < -0.4 is 5.73 Å². The molecule has 0 radical (unpaired) electrons. The molecule has 4 rings (SSSR count). The molecule has 0 bridgehead atoms. The molecule has 0 spiro atoms. The van der Waals surface area contributed by atoms with Crippen molar-refractivity contribution in [1.82, 2.24) is 9.55 Å². The maximum Gasteiger partial charge on any atom is 0.337 e. The SMILES string of the molecule is NC(=O)c1cccc(Cn2c3c(c4cccc(C(=O)O)c42)CCCCC3)n1. The van der Waals surface area contributed by atoms with Crippen LogP contribution in [0, 0.1) is 0 Å². The first-order valence-electron chi connectivity index (χ1n) is 9.18. The molecule has 3 aromatic rings. The second-order valence-electron chi connectivity index (χ2n) is 6.96. The van der Waals surface area contributed by atoms with E-state index in [1.807, 2.05) is 18.2 Å². The Morgan fingerprint density at radius 1 is 1.07 bits per heavy atom. The summed E-state index contributed by atoms with van der Waals surface area (Å²) < 4.78 is 2.08. The Labute approximate surface area is 156 Å². The highest BCUT2D eigenvalue weighted by molar-refractivity contribution is 6.04. The number of benzene rings is 1. The summed E-state index contributed by atoms with van der Waals surface area (Å²) in [5, 5.41) is 10.7. The maximum atomic E-state index is 11.9. The third-order valence-electron chi connectivity index (χ3n) is 5.26. The molecule has 0 saturated carbocycles. The molecule has 1 amide bonds. The number of pyridine rings is 1. The smallest absolute Gasteiger partial charge is 0.337 e. The van der Waals surface area contributed by atoms with E-state index in [1.165, 1.54) is 17.7 Å². The van der Waals surface area contributed by atoms with Gasteiger partial charge >= 0.3 is 5.97 Å². The fraction of sp³-hybridized carbons (Fsp3) is 0.286.